The molecular formula is C24H20BrN5O4. The molecule has 5 aromatic rings. The number of aromatic amines is 1. The van der Waals surface area contributed by atoms with Crippen molar-refractivity contribution in [2.75, 3.05) is 0 Å². The molecule has 0 bridgehead atoms. The Morgan fingerprint density at radius 2 is 1.85 bits per heavy atom. The molecule has 10 heteroatoms. The molecule has 9 nitrogen and oxygen atoms in total. The highest BCUT2D eigenvalue weighted by Gasteiger charge is 2.22. The first-order valence-corrected chi connectivity index (χ1v) is 11.4. The Morgan fingerprint density at radius 1 is 1.09 bits per heavy atom. The van der Waals surface area contributed by atoms with Gasteiger partial charge in [-0.15, -0.1) is 0 Å². The molecule has 3 heterocycles. The maximum absolute atomic E-state index is 13.2. The van der Waals surface area contributed by atoms with Gasteiger partial charge in [-0.3, -0.25) is 24.0 Å². The van der Waals surface area contributed by atoms with Crippen molar-refractivity contribution in [2.45, 2.75) is 13.0 Å². The minimum Gasteiger partial charge on any atom is -0.361 e. The Kier molecular flexibility index (Phi) is 5.24. The topological polar surface area (TPSA) is 108 Å². The minimum absolute atomic E-state index is 0.0858. The summed E-state index contributed by atoms with van der Waals surface area (Å²) in [4.78, 5) is 40.1. The lowest BCUT2D eigenvalue weighted by Crippen LogP contribution is -2.36. The summed E-state index contributed by atoms with van der Waals surface area (Å²) >= 11 is 3.50. The van der Waals surface area contributed by atoms with Crippen LogP contribution in [0.4, 0.5) is 5.69 Å². The average molecular weight is 522 g/mol. The number of non-ortho nitro benzene ring substituents is 1. The molecule has 34 heavy (non-hydrogen) atoms. The summed E-state index contributed by atoms with van der Waals surface area (Å²) in [6, 6.07) is 12.5. The van der Waals surface area contributed by atoms with E-state index < -0.39 is 16.2 Å². The van der Waals surface area contributed by atoms with Crippen LogP contribution in [0.3, 0.4) is 0 Å². The molecule has 0 unspecified atom stereocenters. The van der Waals surface area contributed by atoms with Crippen molar-refractivity contribution in [3.63, 3.8) is 0 Å². The fourth-order valence-electron chi connectivity index (χ4n) is 4.44. The Hall–Kier alpha value is -3.92. The van der Waals surface area contributed by atoms with E-state index in [2.05, 4.69) is 20.9 Å². The van der Waals surface area contributed by atoms with Crippen LogP contribution in [-0.4, -0.2) is 23.6 Å². The zero-order chi connectivity index (χ0) is 24.1. The van der Waals surface area contributed by atoms with E-state index in [1.807, 2.05) is 35.0 Å². The van der Waals surface area contributed by atoms with Crippen molar-refractivity contribution in [2.24, 2.45) is 14.1 Å². The average Bonchev–Trinajstić information content (AvgIpc) is 3.42. The maximum Gasteiger partial charge on any atom is 0.330 e. The van der Waals surface area contributed by atoms with E-state index in [1.165, 1.54) is 23.7 Å². The number of nitrogens with one attached hydrogen (secondary N) is 1. The molecule has 1 N–H and O–H groups in total. The summed E-state index contributed by atoms with van der Waals surface area (Å²) in [5.74, 6) is 0. The number of rotatable bonds is 5. The molecule has 172 valence electrons. The van der Waals surface area contributed by atoms with Gasteiger partial charge in [-0.1, -0.05) is 34.1 Å². The Labute approximate surface area is 201 Å². The number of H-pyrrole nitrogens is 1. The van der Waals surface area contributed by atoms with Gasteiger partial charge in [-0.2, -0.15) is 0 Å². The standard InChI is InChI=1S/C24H20BrN5O4/c1-27-20-13-29(10-9-14-12-26-19-6-4-3-5-16(14)19)22(21(20)23(31)28(2)24(27)32)17-11-15(30(33)34)7-8-18(17)25/h3-8,11-13,26H,9-10H2,1-2H3. The maximum atomic E-state index is 13.2. The normalized spacial score (nSPS) is 11.5. The molecular weight excluding hydrogens is 502 g/mol. The van der Waals surface area contributed by atoms with Crippen LogP contribution in [-0.2, 0) is 27.1 Å². The van der Waals surface area contributed by atoms with Crippen LogP contribution >= 0.6 is 15.9 Å². The number of nitro groups is 1. The van der Waals surface area contributed by atoms with Gasteiger partial charge in [0, 0.05) is 66.1 Å². The van der Waals surface area contributed by atoms with E-state index in [0.29, 0.717) is 39.6 Å². The number of fused-ring (bicyclic) bond motifs is 2. The van der Waals surface area contributed by atoms with Crippen LogP contribution in [0.2, 0.25) is 0 Å². The van der Waals surface area contributed by atoms with Crippen molar-refractivity contribution >= 4 is 43.4 Å². The molecule has 2 aromatic carbocycles. The quantitative estimate of drug-likeness (QED) is 0.277. The van der Waals surface area contributed by atoms with Gasteiger partial charge >= 0.3 is 5.69 Å². The van der Waals surface area contributed by atoms with Crippen LogP contribution in [0.1, 0.15) is 5.56 Å². The molecule has 0 saturated heterocycles. The molecule has 0 spiro atoms. The zero-order valence-corrected chi connectivity index (χ0v) is 20.0. The molecule has 0 radical (unpaired) electrons. The number of nitro benzene ring substituents is 1. The fraction of sp³-hybridized carbons (Fsp3) is 0.167. The van der Waals surface area contributed by atoms with Gasteiger partial charge in [0.25, 0.3) is 11.2 Å². The first-order valence-electron chi connectivity index (χ1n) is 10.6. The molecule has 0 atom stereocenters. The van der Waals surface area contributed by atoms with Crippen molar-refractivity contribution in [3.05, 3.63) is 95.8 Å². The van der Waals surface area contributed by atoms with Gasteiger partial charge in [0.2, 0.25) is 0 Å². The monoisotopic (exact) mass is 521 g/mol. The third kappa shape index (κ3) is 3.38. The molecule has 0 saturated carbocycles. The van der Waals surface area contributed by atoms with Crippen LogP contribution < -0.4 is 11.2 Å². The van der Waals surface area contributed by atoms with Gasteiger partial charge in [0.1, 0.15) is 0 Å². The van der Waals surface area contributed by atoms with E-state index in [9.17, 15) is 19.7 Å². The lowest BCUT2D eigenvalue weighted by Gasteiger charge is -2.11. The number of para-hydroxylation sites is 1. The zero-order valence-electron chi connectivity index (χ0n) is 18.4. The molecule has 3 aromatic heterocycles. The van der Waals surface area contributed by atoms with Crippen molar-refractivity contribution < 1.29 is 4.92 Å². The van der Waals surface area contributed by atoms with E-state index in [0.717, 1.165) is 21.0 Å². The van der Waals surface area contributed by atoms with Gasteiger partial charge in [-0.25, -0.2) is 4.79 Å². The van der Waals surface area contributed by atoms with Gasteiger partial charge in [0.05, 0.1) is 21.5 Å². The second kappa shape index (κ2) is 8.14. The Balaban J connectivity index is 1.75. The first kappa shape index (κ1) is 21.9. The largest absolute Gasteiger partial charge is 0.361 e. The number of benzene rings is 2. The molecule has 0 aliphatic carbocycles. The van der Waals surface area contributed by atoms with E-state index >= 15 is 0 Å². The van der Waals surface area contributed by atoms with Crippen LogP contribution in [0.15, 0.2) is 68.9 Å². The van der Waals surface area contributed by atoms with Crippen molar-refractivity contribution in [3.8, 4) is 11.3 Å². The third-order valence-corrected chi connectivity index (χ3v) is 6.92. The predicted octanol–water partition coefficient (Wildman–Crippen LogP) is 4.10. The summed E-state index contributed by atoms with van der Waals surface area (Å²) in [5, 5.41) is 12.9. The van der Waals surface area contributed by atoms with Crippen LogP contribution in [0.5, 0.6) is 0 Å². The van der Waals surface area contributed by atoms with E-state index in [1.54, 1.807) is 19.3 Å². The molecule has 0 amide bonds. The lowest BCUT2D eigenvalue weighted by atomic mass is 10.1. The van der Waals surface area contributed by atoms with E-state index in [4.69, 9.17) is 0 Å². The molecule has 0 aliphatic rings. The molecule has 0 aliphatic heterocycles. The number of hydrogen-bond donors (Lipinski definition) is 1. The first-order chi connectivity index (χ1) is 16.3. The Bertz CT molecular complexity index is 1720. The second-order valence-electron chi connectivity index (χ2n) is 8.17. The summed E-state index contributed by atoms with van der Waals surface area (Å²) in [6.45, 7) is 0.498. The predicted molar refractivity (Wildman–Crippen MR) is 134 cm³/mol. The van der Waals surface area contributed by atoms with Gasteiger partial charge in [-0.05, 0) is 24.1 Å². The lowest BCUT2D eigenvalue weighted by molar-refractivity contribution is -0.384. The Morgan fingerprint density at radius 3 is 2.62 bits per heavy atom. The SMILES string of the molecule is Cn1c(=O)c2c(-c3cc([N+](=O)[O-])ccc3Br)n(CCc3c[nH]c4ccccc34)cc2n(C)c1=O. The van der Waals surface area contributed by atoms with Crippen LogP contribution in [0, 0.1) is 10.1 Å². The highest BCUT2D eigenvalue weighted by Crippen LogP contribution is 2.36. The van der Waals surface area contributed by atoms with Crippen molar-refractivity contribution in [1.82, 2.24) is 18.7 Å². The highest BCUT2D eigenvalue weighted by atomic mass is 79.9. The summed E-state index contributed by atoms with van der Waals surface area (Å²) < 4.78 is 4.99. The summed E-state index contributed by atoms with van der Waals surface area (Å²) in [6.07, 6.45) is 4.39. The van der Waals surface area contributed by atoms with E-state index in [-0.39, 0.29) is 5.69 Å². The number of halogens is 1. The smallest absolute Gasteiger partial charge is 0.330 e. The van der Waals surface area contributed by atoms with Crippen molar-refractivity contribution in [1.29, 1.82) is 0 Å². The third-order valence-electron chi connectivity index (χ3n) is 6.22. The molecule has 0 fully saturated rings. The fourth-order valence-corrected chi connectivity index (χ4v) is 4.88. The second-order valence-corrected chi connectivity index (χ2v) is 9.02. The summed E-state index contributed by atoms with van der Waals surface area (Å²) in [5.41, 5.74) is 2.69. The summed E-state index contributed by atoms with van der Waals surface area (Å²) in [7, 11) is 3.04. The van der Waals surface area contributed by atoms with Gasteiger partial charge in [0.15, 0.2) is 0 Å². The number of hydrogen-bond acceptors (Lipinski definition) is 4. The molecule has 5 rings (SSSR count). The highest BCUT2D eigenvalue weighted by molar-refractivity contribution is 9.10. The van der Waals surface area contributed by atoms with Gasteiger partial charge < -0.3 is 9.55 Å². The number of aromatic nitrogens is 4. The van der Waals surface area contributed by atoms with Crippen LogP contribution in [0.25, 0.3) is 33.1 Å². The number of nitrogens with zero attached hydrogens (tertiary/aromatic N) is 4. The minimum atomic E-state index is -0.467. The number of aryl methyl sites for hydroxylation is 3.